The van der Waals surface area contributed by atoms with Crippen LogP contribution >= 0.6 is 0 Å². The Labute approximate surface area is 167 Å². The molecule has 7 nitrogen and oxygen atoms in total. The summed E-state index contributed by atoms with van der Waals surface area (Å²) in [5, 5.41) is 27.5. The van der Waals surface area contributed by atoms with Crippen molar-refractivity contribution in [1.29, 1.82) is 10.5 Å². The van der Waals surface area contributed by atoms with Crippen molar-refractivity contribution in [1.82, 2.24) is 15.2 Å². The molecule has 0 radical (unpaired) electrons. The highest BCUT2D eigenvalue weighted by Gasteiger charge is 2.34. The van der Waals surface area contributed by atoms with Crippen LogP contribution in [-0.2, 0) is 0 Å². The van der Waals surface area contributed by atoms with Crippen molar-refractivity contribution in [2.24, 2.45) is 15.9 Å². The summed E-state index contributed by atoms with van der Waals surface area (Å²) in [7, 11) is 0. The third-order valence-corrected chi connectivity index (χ3v) is 5.03. The second-order valence-electron chi connectivity index (χ2n) is 6.85. The van der Waals surface area contributed by atoms with Crippen LogP contribution < -0.4 is 0 Å². The Balaban J connectivity index is 1.79. The molecule has 3 heterocycles. The Hall–Kier alpha value is -4.10. The molecule has 1 N–H and O–H groups in total. The molecule has 0 saturated heterocycles. The van der Waals surface area contributed by atoms with Gasteiger partial charge in [0, 0.05) is 41.2 Å². The lowest BCUT2D eigenvalue weighted by Crippen LogP contribution is -2.24. The van der Waals surface area contributed by atoms with Crippen LogP contribution in [0.15, 0.2) is 64.0 Å². The van der Waals surface area contributed by atoms with Gasteiger partial charge < -0.3 is 0 Å². The first-order valence-corrected chi connectivity index (χ1v) is 9.10. The van der Waals surface area contributed by atoms with Gasteiger partial charge in [-0.3, -0.25) is 15.1 Å². The molecule has 140 valence electrons. The van der Waals surface area contributed by atoms with Gasteiger partial charge in [0.2, 0.25) is 0 Å². The van der Waals surface area contributed by atoms with E-state index in [4.69, 9.17) is 0 Å². The number of pyridine rings is 1. The quantitative estimate of drug-likeness (QED) is 0.687. The van der Waals surface area contributed by atoms with Crippen LogP contribution in [0.25, 0.3) is 10.9 Å². The minimum atomic E-state index is -0.486. The number of aromatic nitrogens is 3. The van der Waals surface area contributed by atoms with E-state index < -0.39 is 5.92 Å². The minimum absolute atomic E-state index is 0.364. The molecule has 2 unspecified atom stereocenters. The summed E-state index contributed by atoms with van der Waals surface area (Å²) in [5.74, 6) is -0.309. The lowest BCUT2D eigenvalue weighted by atomic mass is 9.76. The summed E-state index contributed by atoms with van der Waals surface area (Å²) in [5.41, 5.74) is 4.47. The van der Waals surface area contributed by atoms with E-state index in [1.54, 1.807) is 18.6 Å². The second-order valence-corrected chi connectivity index (χ2v) is 6.85. The van der Waals surface area contributed by atoms with Gasteiger partial charge in [0.25, 0.3) is 0 Å². The third kappa shape index (κ3) is 3.30. The number of H-pyrrole nitrogens is 1. The fourth-order valence-corrected chi connectivity index (χ4v) is 3.60. The van der Waals surface area contributed by atoms with Gasteiger partial charge in [-0.1, -0.05) is 12.1 Å². The molecule has 0 aliphatic carbocycles. The van der Waals surface area contributed by atoms with E-state index in [9.17, 15) is 10.5 Å². The second kappa shape index (κ2) is 7.49. The maximum absolute atomic E-state index is 9.72. The van der Waals surface area contributed by atoms with Crippen LogP contribution in [-0.4, -0.2) is 27.1 Å². The zero-order valence-corrected chi connectivity index (χ0v) is 16.0. The number of benzene rings is 1. The molecule has 1 aliphatic rings. The maximum Gasteiger partial charge on any atom is 0.181 e. The zero-order valence-electron chi connectivity index (χ0n) is 16.0. The number of rotatable bonds is 3. The van der Waals surface area contributed by atoms with Crippen molar-refractivity contribution >= 4 is 28.6 Å². The number of hydrogen-bond donors (Lipinski definition) is 1. The Morgan fingerprint density at radius 2 is 2.07 bits per heavy atom. The number of nitrogens with one attached hydrogen (secondary N) is 1. The number of aliphatic imine (C=N–C) groups is 2. The highest BCUT2D eigenvalue weighted by atomic mass is 15.2. The summed E-state index contributed by atoms with van der Waals surface area (Å²) >= 11 is 0. The molecule has 1 aromatic carbocycles. The molecule has 2 aromatic heterocycles. The van der Waals surface area contributed by atoms with Gasteiger partial charge in [0.15, 0.2) is 5.82 Å². The van der Waals surface area contributed by atoms with Gasteiger partial charge in [0.1, 0.15) is 0 Å². The van der Waals surface area contributed by atoms with Crippen LogP contribution in [0.2, 0.25) is 0 Å². The minimum Gasteiger partial charge on any atom is -0.276 e. The molecular formula is C22H17N7. The SMILES string of the molecule is CC1=NC(C)=C(C#N)C(c2ccc3[nH]nc(N=Cc4cccnc4)c3c2)C1C#N. The smallest absolute Gasteiger partial charge is 0.181 e. The van der Waals surface area contributed by atoms with E-state index in [-0.39, 0.29) is 5.92 Å². The molecule has 0 fully saturated rings. The summed E-state index contributed by atoms with van der Waals surface area (Å²) in [6.45, 7) is 3.64. The molecule has 3 aromatic rings. The molecule has 1 aliphatic heterocycles. The van der Waals surface area contributed by atoms with Gasteiger partial charge in [0.05, 0.1) is 34.8 Å². The molecule has 0 amide bonds. The first-order chi connectivity index (χ1) is 14.1. The number of aromatic amines is 1. The maximum atomic E-state index is 9.72. The lowest BCUT2D eigenvalue weighted by molar-refractivity contribution is 0.704. The largest absolute Gasteiger partial charge is 0.276 e. The number of fused-ring (bicyclic) bond motifs is 1. The molecule has 0 bridgehead atoms. The summed E-state index contributed by atoms with van der Waals surface area (Å²) in [6.07, 6.45) is 5.13. The Kier molecular flexibility index (Phi) is 4.72. The number of nitrogens with zero attached hydrogens (tertiary/aromatic N) is 6. The lowest BCUT2D eigenvalue weighted by Gasteiger charge is -2.26. The Morgan fingerprint density at radius 1 is 1.21 bits per heavy atom. The molecule has 4 rings (SSSR count). The van der Waals surface area contributed by atoms with Crippen LogP contribution in [0, 0.1) is 28.6 Å². The average molecular weight is 379 g/mol. The van der Waals surface area contributed by atoms with Gasteiger partial charge in [-0.25, -0.2) is 4.99 Å². The normalized spacial score (nSPS) is 19.2. The van der Waals surface area contributed by atoms with Crippen molar-refractivity contribution in [3.63, 3.8) is 0 Å². The summed E-state index contributed by atoms with van der Waals surface area (Å²) in [4.78, 5) is 13.0. The topological polar surface area (TPSA) is 114 Å². The van der Waals surface area contributed by atoms with Crippen molar-refractivity contribution in [2.45, 2.75) is 19.8 Å². The van der Waals surface area contributed by atoms with Crippen LogP contribution in [0.3, 0.4) is 0 Å². The van der Waals surface area contributed by atoms with Gasteiger partial charge >= 0.3 is 0 Å². The number of nitriles is 2. The first kappa shape index (κ1) is 18.3. The zero-order chi connectivity index (χ0) is 20.4. The third-order valence-electron chi connectivity index (χ3n) is 5.03. The van der Waals surface area contributed by atoms with E-state index in [0.717, 1.165) is 27.7 Å². The molecular weight excluding hydrogens is 362 g/mol. The van der Waals surface area contributed by atoms with Crippen molar-refractivity contribution < 1.29 is 0 Å². The van der Waals surface area contributed by atoms with Gasteiger partial charge in [-0.15, -0.1) is 0 Å². The highest BCUT2D eigenvalue weighted by molar-refractivity contribution is 5.94. The van der Waals surface area contributed by atoms with Crippen molar-refractivity contribution in [3.05, 3.63) is 65.1 Å². The van der Waals surface area contributed by atoms with Gasteiger partial charge in [-0.2, -0.15) is 15.6 Å². The van der Waals surface area contributed by atoms with Crippen molar-refractivity contribution in [3.8, 4) is 12.1 Å². The van der Waals surface area contributed by atoms with E-state index in [2.05, 4.69) is 37.3 Å². The molecule has 0 spiro atoms. The van der Waals surface area contributed by atoms with Crippen LogP contribution in [0.1, 0.15) is 30.9 Å². The summed E-state index contributed by atoms with van der Waals surface area (Å²) < 4.78 is 0. The average Bonchev–Trinajstić information content (AvgIpc) is 3.14. The predicted octanol–water partition coefficient (Wildman–Crippen LogP) is 4.20. The Morgan fingerprint density at radius 3 is 2.79 bits per heavy atom. The fraction of sp³-hybridized carbons (Fsp3) is 0.182. The highest BCUT2D eigenvalue weighted by Crippen LogP contribution is 2.39. The Bertz CT molecular complexity index is 1250. The monoisotopic (exact) mass is 379 g/mol. The number of allylic oxidation sites excluding steroid dienone is 2. The van der Waals surface area contributed by atoms with Crippen LogP contribution in [0.5, 0.6) is 0 Å². The molecule has 29 heavy (non-hydrogen) atoms. The predicted molar refractivity (Wildman–Crippen MR) is 111 cm³/mol. The van der Waals surface area contributed by atoms with E-state index in [0.29, 0.717) is 17.1 Å². The standard InChI is InChI=1S/C22H17N7/c1-13-18(9-23)21(19(10-24)14(2)27-13)16-5-6-20-17(8-16)22(29-28-20)26-12-15-4-3-7-25-11-15/h3-8,11-12,18,21H,1-2H3,(H,28,29). The molecule has 7 heteroatoms. The van der Waals surface area contributed by atoms with E-state index >= 15 is 0 Å². The van der Waals surface area contributed by atoms with Crippen molar-refractivity contribution in [2.75, 3.05) is 0 Å². The number of hydrogen-bond acceptors (Lipinski definition) is 6. The van der Waals surface area contributed by atoms with E-state index in [1.807, 2.05) is 44.2 Å². The fourth-order valence-electron chi connectivity index (χ4n) is 3.60. The summed E-state index contributed by atoms with van der Waals surface area (Å²) in [6, 6.07) is 14.1. The molecule has 0 saturated carbocycles. The first-order valence-electron chi connectivity index (χ1n) is 9.10. The van der Waals surface area contributed by atoms with Gasteiger partial charge in [-0.05, 0) is 37.6 Å². The van der Waals surface area contributed by atoms with E-state index in [1.165, 1.54) is 0 Å². The molecule has 2 atom stereocenters. The van der Waals surface area contributed by atoms with Crippen LogP contribution in [0.4, 0.5) is 5.82 Å².